The molecular formula is C13H18ClN5O4. The van der Waals surface area contributed by atoms with Crippen molar-refractivity contribution in [2.75, 3.05) is 26.8 Å². The van der Waals surface area contributed by atoms with E-state index >= 15 is 0 Å². The summed E-state index contributed by atoms with van der Waals surface area (Å²) in [6.07, 6.45) is -1.48. The summed E-state index contributed by atoms with van der Waals surface area (Å²) < 4.78 is 6.12. The average molecular weight is 344 g/mol. The van der Waals surface area contributed by atoms with Crippen molar-refractivity contribution in [3.8, 4) is 5.69 Å². The van der Waals surface area contributed by atoms with Crippen LogP contribution in [0.3, 0.4) is 0 Å². The first-order valence-electron chi connectivity index (χ1n) is 6.77. The molecule has 0 fully saturated rings. The quantitative estimate of drug-likeness (QED) is 0.611. The first-order chi connectivity index (χ1) is 11.0. The van der Waals surface area contributed by atoms with Crippen molar-refractivity contribution >= 4 is 17.7 Å². The molecule has 1 aromatic heterocycles. The summed E-state index contributed by atoms with van der Waals surface area (Å²) in [4.78, 5) is 22.0. The number of hydrogen-bond acceptors (Lipinski definition) is 6. The van der Waals surface area contributed by atoms with Gasteiger partial charge in [-0.2, -0.15) is 4.68 Å². The Morgan fingerprint density at radius 1 is 1.35 bits per heavy atom. The van der Waals surface area contributed by atoms with Crippen LogP contribution in [0.2, 0.25) is 5.02 Å². The molecule has 1 aromatic carbocycles. The van der Waals surface area contributed by atoms with Crippen LogP contribution in [0.5, 0.6) is 0 Å². The van der Waals surface area contributed by atoms with Gasteiger partial charge >= 0.3 is 11.8 Å². The monoisotopic (exact) mass is 343 g/mol. The molecule has 2 N–H and O–H groups in total. The topological polar surface area (TPSA) is 111 Å². The highest BCUT2D eigenvalue weighted by Gasteiger charge is 2.13. The number of benzene rings is 1. The van der Waals surface area contributed by atoms with Crippen LogP contribution in [0.25, 0.3) is 5.69 Å². The fourth-order valence-electron chi connectivity index (χ4n) is 1.43. The smallest absolute Gasteiger partial charge is 0.438 e. The molecule has 0 amide bonds. The Balaban J connectivity index is 0.000000322. The molecule has 2 rings (SSSR count). The molecule has 0 saturated carbocycles. The van der Waals surface area contributed by atoms with Crippen molar-refractivity contribution in [1.82, 2.24) is 25.1 Å². The number of nitrogens with zero attached hydrogens (tertiary/aromatic N) is 4. The third kappa shape index (κ3) is 5.81. The fraction of sp³-hybridized carbons (Fsp3) is 0.385. The van der Waals surface area contributed by atoms with Gasteiger partial charge in [0.15, 0.2) is 0 Å². The Morgan fingerprint density at radius 3 is 2.48 bits per heavy atom. The predicted molar refractivity (Wildman–Crippen MR) is 84.5 cm³/mol. The van der Waals surface area contributed by atoms with E-state index in [0.29, 0.717) is 10.7 Å². The molecule has 10 heteroatoms. The molecule has 0 atom stereocenters. The van der Waals surface area contributed by atoms with Crippen molar-refractivity contribution in [1.29, 1.82) is 0 Å². The standard InChI is InChI=1S/C8H5ClN4O3.C5H13NO/c9-5-1-3-6(4-2-5)12-7(14)13(8(15)16)11-10-12;1-3-7-5-4-6-2/h1-4H,(H,15,16);6H,3-5H2,1-2H3. The summed E-state index contributed by atoms with van der Waals surface area (Å²) in [5.41, 5.74) is -0.461. The molecule has 2 aromatic rings. The maximum Gasteiger partial charge on any atom is 0.438 e. The Hall–Kier alpha value is -2.23. The molecule has 0 aliphatic carbocycles. The van der Waals surface area contributed by atoms with Gasteiger partial charge in [-0.25, -0.2) is 9.59 Å². The third-order valence-electron chi connectivity index (χ3n) is 2.53. The van der Waals surface area contributed by atoms with Crippen LogP contribution in [-0.4, -0.2) is 57.8 Å². The zero-order chi connectivity index (χ0) is 17.2. The first kappa shape index (κ1) is 18.8. The molecule has 9 nitrogen and oxygen atoms in total. The highest BCUT2D eigenvalue weighted by atomic mass is 35.5. The van der Waals surface area contributed by atoms with E-state index in [4.69, 9.17) is 21.4 Å². The lowest BCUT2D eigenvalue weighted by Gasteiger charge is -1.96. The van der Waals surface area contributed by atoms with Crippen molar-refractivity contribution in [3.63, 3.8) is 0 Å². The third-order valence-corrected chi connectivity index (χ3v) is 2.79. The van der Waals surface area contributed by atoms with Crippen molar-refractivity contribution in [2.45, 2.75) is 6.92 Å². The second kappa shape index (κ2) is 9.72. The molecule has 0 spiro atoms. The number of ether oxygens (including phenoxy) is 1. The molecule has 1 heterocycles. The summed E-state index contributed by atoms with van der Waals surface area (Å²) in [7, 11) is 1.92. The van der Waals surface area contributed by atoms with Gasteiger partial charge < -0.3 is 15.2 Å². The summed E-state index contributed by atoms with van der Waals surface area (Å²) in [6, 6.07) is 6.18. The minimum Gasteiger partial charge on any atom is -0.463 e. The largest absolute Gasteiger partial charge is 0.463 e. The van der Waals surface area contributed by atoms with E-state index in [1.165, 1.54) is 12.1 Å². The average Bonchev–Trinajstić information content (AvgIpc) is 2.91. The molecule has 126 valence electrons. The molecule has 23 heavy (non-hydrogen) atoms. The SMILES string of the molecule is CCOCCNC.O=C(O)n1nnn(-c2ccc(Cl)cc2)c1=O. The number of likely N-dealkylation sites (N-methyl/N-ethyl adjacent to an activating group) is 1. The Labute approximate surface area is 137 Å². The van der Waals surface area contributed by atoms with E-state index in [-0.39, 0.29) is 4.68 Å². The summed E-state index contributed by atoms with van der Waals surface area (Å²) in [5, 5.41) is 18.7. The van der Waals surface area contributed by atoms with Crippen molar-refractivity contribution in [3.05, 3.63) is 39.8 Å². The maximum absolute atomic E-state index is 11.5. The predicted octanol–water partition coefficient (Wildman–Crippen LogP) is 0.851. The van der Waals surface area contributed by atoms with Gasteiger partial charge in [-0.1, -0.05) is 16.3 Å². The summed E-state index contributed by atoms with van der Waals surface area (Å²) >= 11 is 5.67. The molecule has 0 aliphatic rings. The molecule has 0 radical (unpaired) electrons. The molecule has 0 bridgehead atoms. The van der Waals surface area contributed by atoms with Crippen molar-refractivity contribution in [2.24, 2.45) is 0 Å². The van der Waals surface area contributed by atoms with E-state index in [2.05, 4.69) is 15.7 Å². The number of tetrazole rings is 1. The molecule has 0 unspecified atom stereocenters. The molecule has 0 saturated heterocycles. The Kier molecular flexibility index (Phi) is 7.95. The summed E-state index contributed by atoms with van der Waals surface area (Å²) in [6.45, 7) is 4.60. The first-order valence-corrected chi connectivity index (χ1v) is 7.15. The fourth-order valence-corrected chi connectivity index (χ4v) is 1.56. The lowest BCUT2D eigenvalue weighted by Crippen LogP contribution is -2.28. The number of halogens is 1. The van der Waals surface area contributed by atoms with Crippen LogP contribution in [0.1, 0.15) is 6.92 Å². The Morgan fingerprint density at radius 2 is 2.00 bits per heavy atom. The van der Waals surface area contributed by atoms with Crippen LogP contribution < -0.4 is 11.0 Å². The van der Waals surface area contributed by atoms with Gasteiger partial charge in [0.05, 0.1) is 12.3 Å². The van der Waals surface area contributed by atoms with Gasteiger partial charge in [-0.15, -0.1) is 0 Å². The van der Waals surface area contributed by atoms with Gasteiger partial charge in [0.1, 0.15) is 0 Å². The van der Waals surface area contributed by atoms with Gasteiger partial charge in [0.25, 0.3) is 0 Å². The maximum atomic E-state index is 11.5. The van der Waals surface area contributed by atoms with Crippen molar-refractivity contribution < 1.29 is 14.6 Å². The number of carbonyl (C=O) groups is 1. The second-order valence-corrected chi connectivity index (χ2v) is 4.58. The zero-order valence-electron chi connectivity index (χ0n) is 12.8. The zero-order valence-corrected chi connectivity index (χ0v) is 13.5. The lowest BCUT2D eigenvalue weighted by atomic mass is 10.3. The van der Waals surface area contributed by atoms with Gasteiger partial charge in [-0.3, -0.25) is 0 Å². The van der Waals surface area contributed by atoms with Crippen LogP contribution in [0.15, 0.2) is 29.1 Å². The van der Waals surface area contributed by atoms with Crippen LogP contribution in [0, 0.1) is 0 Å². The van der Waals surface area contributed by atoms with E-state index in [0.717, 1.165) is 24.4 Å². The normalized spacial score (nSPS) is 10.0. The number of rotatable bonds is 5. The number of aromatic nitrogens is 4. The number of hydrogen-bond donors (Lipinski definition) is 2. The highest BCUT2D eigenvalue weighted by Crippen LogP contribution is 2.10. The molecule has 0 aliphatic heterocycles. The number of nitrogens with one attached hydrogen (secondary N) is 1. The minimum absolute atomic E-state index is 0.245. The van der Waals surface area contributed by atoms with Crippen LogP contribution in [-0.2, 0) is 4.74 Å². The second-order valence-electron chi connectivity index (χ2n) is 4.14. The van der Waals surface area contributed by atoms with E-state index in [1.807, 2.05) is 14.0 Å². The van der Waals surface area contributed by atoms with E-state index < -0.39 is 11.8 Å². The molecular weight excluding hydrogens is 326 g/mol. The van der Waals surface area contributed by atoms with Crippen LogP contribution >= 0.6 is 11.6 Å². The van der Waals surface area contributed by atoms with Crippen LogP contribution in [0.4, 0.5) is 4.79 Å². The van der Waals surface area contributed by atoms with Gasteiger partial charge in [0, 0.05) is 18.2 Å². The van der Waals surface area contributed by atoms with Gasteiger partial charge in [0.2, 0.25) is 0 Å². The van der Waals surface area contributed by atoms with E-state index in [1.54, 1.807) is 12.1 Å². The van der Waals surface area contributed by atoms with E-state index in [9.17, 15) is 9.59 Å². The number of carboxylic acid groups (broad SMARTS) is 1. The highest BCUT2D eigenvalue weighted by molar-refractivity contribution is 6.30. The Bertz CT molecular complexity index is 664. The summed E-state index contributed by atoms with van der Waals surface area (Å²) in [5.74, 6) is 0. The minimum atomic E-state index is -1.48. The lowest BCUT2D eigenvalue weighted by molar-refractivity contribution is 0.151. The van der Waals surface area contributed by atoms with Gasteiger partial charge in [-0.05, 0) is 48.7 Å².